The third-order valence-corrected chi connectivity index (χ3v) is 8.31. The van der Waals surface area contributed by atoms with Crippen LogP contribution < -0.4 is 4.90 Å². The van der Waals surface area contributed by atoms with Crippen molar-refractivity contribution in [1.29, 1.82) is 0 Å². The van der Waals surface area contributed by atoms with Crippen molar-refractivity contribution in [2.75, 3.05) is 17.7 Å². The summed E-state index contributed by atoms with van der Waals surface area (Å²) in [7, 11) is -3.75. The molecule has 0 spiro atoms. The number of amides is 1. The predicted octanol–water partition coefficient (Wildman–Crippen LogP) is 2.86. The molecule has 0 radical (unpaired) electrons. The number of rotatable bonds is 6. The van der Waals surface area contributed by atoms with E-state index < -0.39 is 32.1 Å². The summed E-state index contributed by atoms with van der Waals surface area (Å²) in [6, 6.07) is 9.42. The second-order valence-electron chi connectivity index (χ2n) is 8.62. The Labute approximate surface area is 204 Å². The Morgan fingerprint density at radius 3 is 2.58 bits per heavy atom. The predicted molar refractivity (Wildman–Crippen MR) is 124 cm³/mol. The first-order chi connectivity index (χ1) is 17.1. The van der Waals surface area contributed by atoms with E-state index in [2.05, 4.69) is 20.2 Å². The molecule has 4 heterocycles. The van der Waals surface area contributed by atoms with Crippen LogP contribution in [0.15, 0.2) is 53.4 Å². The van der Waals surface area contributed by atoms with Gasteiger partial charge in [0.25, 0.3) is 0 Å². The highest BCUT2D eigenvalue weighted by Crippen LogP contribution is 2.34. The van der Waals surface area contributed by atoms with Crippen LogP contribution in [0.1, 0.15) is 18.9 Å². The number of carbonyl (C=O) groups excluding carboxylic acids is 1. The van der Waals surface area contributed by atoms with E-state index in [1.807, 2.05) is 0 Å². The van der Waals surface area contributed by atoms with Gasteiger partial charge in [-0.05, 0) is 25.5 Å². The molecule has 1 aliphatic heterocycles. The summed E-state index contributed by atoms with van der Waals surface area (Å²) in [5.74, 6) is -2.41. The third kappa shape index (κ3) is 3.94. The highest BCUT2D eigenvalue weighted by Gasteiger charge is 2.51. The smallest absolute Gasteiger partial charge is 0.249 e. The maximum Gasteiger partial charge on any atom is 0.249 e. The van der Waals surface area contributed by atoms with Crippen LogP contribution >= 0.6 is 0 Å². The van der Waals surface area contributed by atoms with Gasteiger partial charge in [0, 0.05) is 24.4 Å². The number of anilines is 1. The molecule has 4 aromatic rings. The molecule has 1 amide bonds. The molecule has 1 unspecified atom stereocenters. The van der Waals surface area contributed by atoms with Crippen molar-refractivity contribution in [3.63, 3.8) is 0 Å². The lowest BCUT2D eigenvalue weighted by Crippen LogP contribution is -2.44. The number of sulfone groups is 1. The molecule has 5 rings (SSSR count). The van der Waals surface area contributed by atoms with E-state index in [4.69, 9.17) is 4.52 Å². The molecule has 13 heteroatoms. The standard InChI is InChI=1S/C23H20F2N6O4S/c1-23(36(2,33)34)8-9-30(22(23)32)21-16(25)12-26-20(27-21)18-11-19(17-7-10-35-29-17)31(28-18)13-14-5-3-4-6-15(14)24/h3-7,10-12H,8-9,13H2,1-2H3. The van der Waals surface area contributed by atoms with Gasteiger partial charge in [0.05, 0.1) is 18.4 Å². The summed E-state index contributed by atoms with van der Waals surface area (Å²) in [6.45, 7) is 1.35. The number of benzene rings is 1. The Morgan fingerprint density at radius 1 is 1.14 bits per heavy atom. The number of hydrogen-bond acceptors (Lipinski definition) is 8. The van der Waals surface area contributed by atoms with Gasteiger partial charge in [-0.3, -0.25) is 14.4 Å². The summed E-state index contributed by atoms with van der Waals surface area (Å²) in [4.78, 5) is 22.2. The van der Waals surface area contributed by atoms with Gasteiger partial charge in [-0.2, -0.15) is 5.10 Å². The van der Waals surface area contributed by atoms with Crippen LogP contribution in [0.2, 0.25) is 0 Å². The number of carbonyl (C=O) groups is 1. The molecule has 186 valence electrons. The van der Waals surface area contributed by atoms with Gasteiger partial charge in [-0.1, -0.05) is 23.4 Å². The van der Waals surface area contributed by atoms with E-state index >= 15 is 0 Å². The second-order valence-corrected chi connectivity index (χ2v) is 11.1. The van der Waals surface area contributed by atoms with Crippen molar-refractivity contribution in [3.05, 3.63) is 66.1 Å². The van der Waals surface area contributed by atoms with E-state index in [-0.39, 0.29) is 36.8 Å². The Kier molecular flexibility index (Phi) is 5.66. The molecule has 0 bridgehead atoms. The molecule has 1 aliphatic rings. The van der Waals surface area contributed by atoms with E-state index in [1.165, 1.54) is 23.9 Å². The highest BCUT2D eigenvalue weighted by molar-refractivity contribution is 7.92. The Morgan fingerprint density at radius 2 is 1.92 bits per heavy atom. The van der Waals surface area contributed by atoms with Crippen molar-refractivity contribution >= 4 is 21.6 Å². The molecule has 10 nitrogen and oxygen atoms in total. The maximum absolute atomic E-state index is 14.7. The molecule has 1 aromatic carbocycles. The second kappa shape index (κ2) is 8.59. The summed E-state index contributed by atoms with van der Waals surface area (Å²) in [5.41, 5.74) is 1.48. The number of nitrogens with zero attached hydrogens (tertiary/aromatic N) is 6. The lowest BCUT2D eigenvalue weighted by molar-refractivity contribution is -0.118. The van der Waals surface area contributed by atoms with Crippen LogP contribution in [0.5, 0.6) is 0 Å². The van der Waals surface area contributed by atoms with E-state index in [0.717, 1.165) is 17.4 Å². The average molecular weight is 515 g/mol. The topological polar surface area (TPSA) is 124 Å². The monoisotopic (exact) mass is 514 g/mol. The highest BCUT2D eigenvalue weighted by atomic mass is 32.2. The fourth-order valence-corrected chi connectivity index (χ4v) is 4.91. The lowest BCUT2D eigenvalue weighted by Gasteiger charge is -2.21. The number of halogens is 2. The number of aromatic nitrogens is 5. The zero-order valence-corrected chi connectivity index (χ0v) is 20.0. The molecule has 1 fully saturated rings. The van der Waals surface area contributed by atoms with Gasteiger partial charge >= 0.3 is 0 Å². The molecule has 0 aliphatic carbocycles. The van der Waals surface area contributed by atoms with Crippen molar-refractivity contribution in [2.45, 2.75) is 24.6 Å². The van der Waals surface area contributed by atoms with Crippen LogP contribution in [0.25, 0.3) is 22.9 Å². The molecular weight excluding hydrogens is 494 g/mol. The normalized spacial score (nSPS) is 18.2. The number of hydrogen-bond donors (Lipinski definition) is 0. The van der Waals surface area contributed by atoms with Gasteiger partial charge in [0.15, 0.2) is 27.3 Å². The third-order valence-electron chi connectivity index (χ3n) is 6.30. The molecule has 36 heavy (non-hydrogen) atoms. The van der Waals surface area contributed by atoms with Gasteiger partial charge in [-0.15, -0.1) is 0 Å². The van der Waals surface area contributed by atoms with Crippen LogP contribution in [0, 0.1) is 11.6 Å². The summed E-state index contributed by atoms with van der Waals surface area (Å²) in [5, 5.41) is 8.40. The fraction of sp³-hybridized carbons (Fsp3) is 0.261. The maximum atomic E-state index is 14.7. The van der Waals surface area contributed by atoms with Crippen LogP contribution in [0.4, 0.5) is 14.6 Å². The fourth-order valence-electron chi connectivity index (χ4n) is 4.02. The lowest BCUT2D eigenvalue weighted by atomic mass is 10.1. The SMILES string of the molecule is CC1(S(C)(=O)=O)CCN(c2nc(-c3cc(-c4ccon4)n(Cc4ccccc4F)n3)ncc2F)C1=O. The van der Waals surface area contributed by atoms with Crippen LogP contribution in [-0.4, -0.2) is 56.8 Å². The van der Waals surface area contributed by atoms with Crippen molar-refractivity contribution in [2.24, 2.45) is 0 Å². The minimum absolute atomic E-state index is 0.00296. The van der Waals surface area contributed by atoms with E-state index in [9.17, 15) is 22.0 Å². The van der Waals surface area contributed by atoms with Crippen LogP contribution in [-0.2, 0) is 21.2 Å². The van der Waals surface area contributed by atoms with E-state index in [1.54, 1.807) is 30.3 Å². The first-order valence-corrected chi connectivity index (χ1v) is 12.7. The van der Waals surface area contributed by atoms with Crippen molar-refractivity contribution in [3.8, 4) is 22.9 Å². The van der Waals surface area contributed by atoms with E-state index in [0.29, 0.717) is 17.0 Å². The summed E-state index contributed by atoms with van der Waals surface area (Å²) in [6.07, 6.45) is 3.24. The Balaban J connectivity index is 1.56. The zero-order valence-electron chi connectivity index (χ0n) is 19.2. The first-order valence-electron chi connectivity index (χ1n) is 10.8. The molecule has 0 N–H and O–H groups in total. The zero-order chi connectivity index (χ0) is 25.7. The molecule has 0 saturated carbocycles. The minimum atomic E-state index is -3.75. The average Bonchev–Trinajstić information content (AvgIpc) is 3.56. The van der Waals surface area contributed by atoms with Gasteiger partial charge < -0.3 is 4.52 Å². The van der Waals surface area contributed by atoms with Gasteiger partial charge in [0.1, 0.15) is 28.2 Å². The quantitative estimate of drug-likeness (QED) is 0.385. The molecular formula is C23H20F2N6O4S. The molecule has 1 atom stereocenters. The van der Waals surface area contributed by atoms with Crippen molar-refractivity contribution in [1.82, 2.24) is 24.9 Å². The first kappa shape index (κ1) is 23.7. The largest absolute Gasteiger partial charge is 0.364 e. The minimum Gasteiger partial charge on any atom is -0.364 e. The summed E-state index contributed by atoms with van der Waals surface area (Å²) < 4.78 is 58.2. The van der Waals surface area contributed by atoms with Crippen molar-refractivity contribution < 1.29 is 26.5 Å². The van der Waals surface area contributed by atoms with Gasteiger partial charge in [0.2, 0.25) is 5.91 Å². The molecule has 1 saturated heterocycles. The Bertz CT molecular complexity index is 1570. The summed E-state index contributed by atoms with van der Waals surface area (Å²) >= 11 is 0. The van der Waals surface area contributed by atoms with Gasteiger partial charge in [-0.25, -0.2) is 27.2 Å². The van der Waals surface area contributed by atoms with Crippen LogP contribution in [0.3, 0.4) is 0 Å². The Hall–Kier alpha value is -4.00. The molecule has 3 aromatic heterocycles.